The third-order valence-corrected chi connectivity index (χ3v) is 1.22. The maximum atomic E-state index is 8.27. The summed E-state index contributed by atoms with van der Waals surface area (Å²) in [4.78, 5) is 0. The number of hydrogen-bond donors (Lipinski definition) is 1. The molecule has 0 aromatic carbocycles. The fourth-order valence-electron chi connectivity index (χ4n) is 0.577. The highest BCUT2D eigenvalue weighted by molar-refractivity contribution is 4.85. The molecular weight excluding hydrogens is 112 g/mol. The molecule has 0 aromatic rings. The van der Waals surface area contributed by atoms with Crippen LogP contribution in [0.25, 0.3) is 0 Å². The van der Waals surface area contributed by atoms with Gasteiger partial charge in [-0.05, 0) is 18.8 Å². The Bertz CT molecular complexity index is 102. The Kier molecular flexibility index (Phi) is 4.08. The minimum atomic E-state index is -0.257. The molecule has 2 heteroatoms. The first-order valence-corrected chi connectivity index (χ1v) is 3.32. The second-order valence-electron chi connectivity index (χ2n) is 2.71. The van der Waals surface area contributed by atoms with Gasteiger partial charge < -0.3 is 5.73 Å². The van der Waals surface area contributed by atoms with Crippen LogP contribution in [0.2, 0.25) is 0 Å². The zero-order chi connectivity index (χ0) is 7.28. The lowest BCUT2D eigenvalue weighted by Crippen LogP contribution is -2.17. The molecule has 0 aromatic heterocycles. The summed E-state index contributed by atoms with van der Waals surface area (Å²) in [5, 5.41) is 8.27. The molecule has 0 aliphatic carbocycles. The Morgan fingerprint density at radius 1 is 1.44 bits per heavy atom. The Morgan fingerprint density at radius 2 is 2.00 bits per heavy atom. The number of rotatable bonds is 3. The molecule has 0 aliphatic rings. The number of nitrogens with zero attached hydrogens (tertiary/aromatic N) is 1. The van der Waals surface area contributed by atoms with Gasteiger partial charge in [0.15, 0.2) is 0 Å². The second kappa shape index (κ2) is 4.34. The molecule has 0 radical (unpaired) electrons. The Morgan fingerprint density at radius 3 is 2.33 bits per heavy atom. The number of nitriles is 1. The topological polar surface area (TPSA) is 49.8 Å². The van der Waals surface area contributed by atoms with Crippen LogP contribution in [0.5, 0.6) is 0 Å². The first-order valence-electron chi connectivity index (χ1n) is 3.32. The molecule has 0 saturated carbocycles. The molecule has 0 amide bonds. The van der Waals surface area contributed by atoms with Crippen LogP contribution in [0.4, 0.5) is 0 Å². The molecule has 2 nitrogen and oxygen atoms in total. The van der Waals surface area contributed by atoms with E-state index < -0.39 is 0 Å². The zero-order valence-electron chi connectivity index (χ0n) is 6.09. The summed E-state index contributed by atoms with van der Waals surface area (Å²) in [6.07, 6.45) is 1.88. The van der Waals surface area contributed by atoms with E-state index in [1.54, 1.807) is 0 Å². The van der Waals surface area contributed by atoms with Crippen molar-refractivity contribution >= 4 is 0 Å². The molecule has 0 heterocycles. The average molecular weight is 126 g/mol. The van der Waals surface area contributed by atoms with E-state index in [9.17, 15) is 0 Å². The van der Waals surface area contributed by atoms with Crippen molar-refractivity contribution in [2.75, 3.05) is 0 Å². The minimum absolute atomic E-state index is 0.257. The molecule has 1 atom stereocenters. The summed E-state index contributed by atoms with van der Waals surface area (Å²) >= 11 is 0. The summed E-state index contributed by atoms with van der Waals surface area (Å²) in [5.41, 5.74) is 5.36. The van der Waals surface area contributed by atoms with Crippen LogP contribution in [0.1, 0.15) is 26.7 Å². The van der Waals surface area contributed by atoms with E-state index in [2.05, 4.69) is 13.8 Å². The van der Waals surface area contributed by atoms with Crippen LogP contribution in [-0.2, 0) is 0 Å². The molecule has 0 fully saturated rings. The molecule has 0 bridgehead atoms. The van der Waals surface area contributed by atoms with Gasteiger partial charge in [-0.1, -0.05) is 13.8 Å². The highest BCUT2D eigenvalue weighted by Gasteiger charge is 2.00. The molecule has 2 N–H and O–H groups in total. The standard InChI is InChI=1S/C7H14N2/c1-6(2)3-4-7(9)5-8/h6-7H,3-4,9H2,1-2H3/t7-/m0/s1. The number of hydrogen-bond acceptors (Lipinski definition) is 2. The monoisotopic (exact) mass is 126 g/mol. The number of nitrogens with two attached hydrogens (primary N) is 1. The SMILES string of the molecule is CC(C)CC[C@H](N)C#N. The summed E-state index contributed by atoms with van der Waals surface area (Å²) in [5.74, 6) is 0.657. The Hall–Kier alpha value is -0.550. The lowest BCUT2D eigenvalue weighted by molar-refractivity contribution is 0.535. The Balaban J connectivity index is 3.19. The minimum Gasteiger partial charge on any atom is -0.316 e. The molecule has 0 spiro atoms. The van der Waals surface area contributed by atoms with E-state index in [0.29, 0.717) is 5.92 Å². The van der Waals surface area contributed by atoms with Crippen LogP contribution in [0.15, 0.2) is 0 Å². The van der Waals surface area contributed by atoms with Crippen LogP contribution in [-0.4, -0.2) is 6.04 Å². The third kappa shape index (κ3) is 5.32. The van der Waals surface area contributed by atoms with Crippen molar-refractivity contribution in [2.45, 2.75) is 32.7 Å². The normalized spacial score (nSPS) is 13.2. The maximum absolute atomic E-state index is 8.27. The van der Waals surface area contributed by atoms with Gasteiger partial charge in [0.2, 0.25) is 0 Å². The van der Waals surface area contributed by atoms with Crippen molar-refractivity contribution in [1.82, 2.24) is 0 Å². The summed E-state index contributed by atoms with van der Waals surface area (Å²) in [6.45, 7) is 4.26. The highest BCUT2D eigenvalue weighted by Crippen LogP contribution is 2.04. The van der Waals surface area contributed by atoms with Crippen molar-refractivity contribution in [3.05, 3.63) is 0 Å². The fraction of sp³-hybridized carbons (Fsp3) is 0.857. The summed E-state index contributed by atoms with van der Waals surface area (Å²) in [6, 6.07) is 1.74. The van der Waals surface area contributed by atoms with E-state index in [1.165, 1.54) is 0 Å². The lowest BCUT2D eigenvalue weighted by atomic mass is 10.1. The van der Waals surface area contributed by atoms with Gasteiger partial charge in [-0.15, -0.1) is 0 Å². The van der Waals surface area contributed by atoms with E-state index in [1.807, 2.05) is 6.07 Å². The largest absolute Gasteiger partial charge is 0.316 e. The van der Waals surface area contributed by atoms with Crippen LogP contribution in [0, 0.1) is 17.2 Å². The van der Waals surface area contributed by atoms with Gasteiger partial charge >= 0.3 is 0 Å². The van der Waals surface area contributed by atoms with Gasteiger partial charge in [-0.25, -0.2) is 0 Å². The van der Waals surface area contributed by atoms with Gasteiger partial charge in [-0.3, -0.25) is 0 Å². The van der Waals surface area contributed by atoms with Gasteiger partial charge in [0.05, 0.1) is 12.1 Å². The quantitative estimate of drug-likeness (QED) is 0.619. The first-order chi connectivity index (χ1) is 4.16. The molecule has 0 rings (SSSR count). The van der Waals surface area contributed by atoms with E-state index in [-0.39, 0.29) is 6.04 Å². The van der Waals surface area contributed by atoms with E-state index in [0.717, 1.165) is 12.8 Å². The van der Waals surface area contributed by atoms with E-state index in [4.69, 9.17) is 11.0 Å². The zero-order valence-corrected chi connectivity index (χ0v) is 6.09. The highest BCUT2D eigenvalue weighted by atomic mass is 14.6. The summed E-state index contributed by atoms with van der Waals surface area (Å²) in [7, 11) is 0. The second-order valence-corrected chi connectivity index (χ2v) is 2.71. The lowest BCUT2D eigenvalue weighted by Gasteiger charge is -2.03. The van der Waals surface area contributed by atoms with Gasteiger partial charge in [0.1, 0.15) is 0 Å². The Labute approximate surface area is 56.7 Å². The third-order valence-electron chi connectivity index (χ3n) is 1.22. The molecule has 52 valence electrons. The van der Waals surface area contributed by atoms with Crippen molar-refractivity contribution < 1.29 is 0 Å². The van der Waals surface area contributed by atoms with Crippen molar-refractivity contribution in [3.63, 3.8) is 0 Å². The smallest absolute Gasteiger partial charge is 0.0928 e. The first kappa shape index (κ1) is 8.45. The molecule has 0 saturated heterocycles. The van der Waals surface area contributed by atoms with Crippen molar-refractivity contribution in [3.8, 4) is 6.07 Å². The maximum Gasteiger partial charge on any atom is 0.0928 e. The van der Waals surface area contributed by atoms with Crippen molar-refractivity contribution in [1.29, 1.82) is 5.26 Å². The predicted octanol–water partition coefficient (Wildman–Crippen LogP) is 1.27. The molecule has 0 unspecified atom stereocenters. The predicted molar refractivity (Wildman–Crippen MR) is 37.7 cm³/mol. The van der Waals surface area contributed by atoms with Crippen molar-refractivity contribution in [2.24, 2.45) is 11.7 Å². The van der Waals surface area contributed by atoms with Gasteiger partial charge in [0, 0.05) is 0 Å². The van der Waals surface area contributed by atoms with Crippen LogP contribution >= 0.6 is 0 Å². The van der Waals surface area contributed by atoms with Crippen LogP contribution in [0.3, 0.4) is 0 Å². The molecular formula is C7H14N2. The average Bonchev–Trinajstić information content (AvgIpc) is 1.83. The van der Waals surface area contributed by atoms with Crippen LogP contribution < -0.4 is 5.73 Å². The van der Waals surface area contributed by atoms with Gasteiger partial charge in [0.25, 0.3) is 0 Å². The van der Waals surface area contributed by atoms with Gasteiger partial charge in [-0.2, -0.15) is 5.26 Å². The van der Waals surface area contributed by atoms with E-state index >= 15 is 0 Å². The molecule has 9 heavy (non-hydrogen) atoms. The molecule has 0 aliphatic heterocycles. The summed E-state index contributed by atoms with van der Waals surface area (Å²) < 4.78 is 0. The fourth-order valence-corrected chi connectivity index (χ4v) is 0.577.